The van der Waals surface area contributed by atoms with Crippen molar-refractivity contribution in [1.29, 1.82) is 0 Å². The van der Waals surface area contributed by atoms with Crippen LogP contribution >= 0.6 is 0 Å². The second-order valence-electron chi connectivity index (χ2n) is 7.16. The van der Waals surface area contributed by atoms with Crippen molar-refractivity contribution in [2.24, 2.45) is 4.99 Å². The SMILES string of the molecule is CN(C)C(=O)c1ccc(CNC(=NCc2ccccc2)NCCc2ccco2)cc1. The molecule has 6 heteroatoms. The molecule has 0 unspecified atom stereocenters. The largest absolute Gasteiger partial charge is 0.469 e. The molecule has 0 spiro atoms. The number of furan rings is 1. The summed E-state index contributed by atoms with van der Waals surface area (Å²) in [5, 5.41) is 6.73. The summed E-state index contributed by atoms with van der Waals surface area (Å²) in [7, 11) is 3.50. The number of hydrogen-bond acceptors (Lipinski definition) is 3. The van der Waals surface area contributed by atoms with E-state index in [9.17, 15) is 4.79 Å². The molecule has 0 aliphatic heterocycles. The van der Waals surface area contributed by atoms with E-state index in [0.29, 0.717) is 25.2 Å². The normalized spacial score (nSPS) is 11.2. The molecule has 3 aromatic rings. The van der Waals surface area contributed by atoms with E-state index >= 15 is 0 Å². The quantitative estimate of drug-likeness (QED) is 0.446. The minimum Gasteiger partial charge on any atom is -0.469 e. The van der Waals surface area contributed by atoms with Gasteiger partial charge in [0, 0.05) is 39.2 Å². The van der Waals surface area contributed by atoms with Crippen LogP contribution in [0, 0.1) is 0 Å². The molecule has 30 heavy (non-hydrogen) atoms. The molecule has 2 aromatic carbocycles. The number of carbonyl (C=O) groups is 1. The van der Waals surface area contributed by atoms with Gasteiger partial charge < -0.3 is 20.0 Å². The topological polar surface area (TPSA) is 69.9 Å². The summed E-state index contributed by atoms with van der Waals surface area (Å²) in [6.07, 6.45) is 2.46. The first-order valence-corrected chi connectivity index (χ1v) is 10.0. The predicted octanol–water partition coefficient (Wildman–Crippen LogP) is 3.46. The fraction of sp³-hybridized carbons (Fsp3) is 0.250. The zero-order chi connectivity index (χ0) is 21.2. The maximum atomic E-state index is 12.0. The highest BCUT2D eigenvalue weighted by Crippen LogP contribution is 2.07. The Morgan fingerprint density at radius 2 is 1.70 bits per heavy atom. The van der Waals surface area contributed by atoms with Gasteiger partial charge >= 0.3 is 0 Å². The van der Waals surface area contributed by atoms with Crippen LogP contribution in [0.1, 0.15) is 27.2 Å². The number of nitrogens with zero attached hydrogens (tertiary/aromatic N) is 2. The fourth-order valence-electron chi connectivity index (χ4n) is 2.90. The minimum absolute atomic E-state index is 0.000727. The lowest BCUT2D eigenvalue weighted by molar-refractivity contribution is 0.0827. The Morgan fingerprint density at radius 1 is 0.933 bits per heavy atom. The smallest absolute Gasteiger partial charge is 0.253 e. The van der Waals surface area contributed by atoms with E-state index in [-0.39, 0.29) is 5.91 Å². The summed E-state index contributed by atoms with van der Waals surface area (Å²) in [6, 6.07) is 21.6. The van der Waals surface area contributed by atoms with Gasteiger partial charge in [0.15, 0.2) is 5.96 Å². The van der Waals surface area contributed by atoms with Crippen LogP contribution in [-0.2, 0) is 19.5 Å². The third kappa shape index (κ3) is 6.51. The number of carbonyl (C=O) groups excluding carboxylic acids is 1. The molecular weight excluding hydrogens is 376 g/mol. The van der Waals surface area contributed by atoms with Crippen molar-refractivity contribution < 1.29 is 9.21 Å². The van der Waals surface area contributed by atoms with E-state index in [1.165, 1.54) is 0 Å². The Bertz CT molecular complexity index is 933. The van der Waals surface area contributed by atoms with E-state index in [2.05, 4.69) is 22.8 Å². The third-order valence-corrected chi connectivity index (χ3v) is 4.57. The highest BCUT2D eigenvalue weighted by molar-refractivity contribution is 5.93. The van der Waals surface area contributed by atoms with Gasteiger partial charge in [0.1, 0.15) is 5.76 Å². The van der Waals surface area contributed by atoms with Gasteiger partial charge in [0.05, 0.1) is 12.8 Å². The summed E-state index contributed by atoms with van der Waals surface area (Å²) in [6.45, 7) is 1.91. The summed E-state index contributed by atoms with van der Waals surface area (Å²) in [5.74, 6) is 1.67. The van der Waals surface area contributed by atoms with Crippen molar-refractivity contribution in [1.82, 2.24) is 15.5 Å². The Labute approximate surface area is 177 Å². The molecule has 0 aliphatic carbocycles. The number of benzene rings is 2. The molecule has 1 aromatic heterocycles. The van der Waals surface area contributed by atoms with E-state index in [4.69, 9.17) is 9.41 Å². The van der Waals surface area contributed by atoms with Crippen molar-refractivity contribution in [2.45, 2.75) is 19.5 Å². The molecule has 0 radical (unpaired) electrons. The molecule has 0 fully saturated rings. The van der Waals surface area contributed by atoms with Gasteiger partial charge in [-0.15, -0.1) is 0 Å². The van der Waals surface area contributed by atoms with Gasteiger partial charge in [0.25, 0.3) is 5.91 Å². The van der Waals surface area contributed by atoms with Gasteiger partial charge in [-0.3, -0.25) is 4.79 Å². The summed E-state index contributed by atoms with van der Waals surface area (Å²) < 4.78 is 5.39. The first-order valence-electron chi connectivity index (χ1n) is 10.0. The number of aliphatic imine (C=N–C) groups is 1. The maximum absolute atomic E-state index is 12.0. The number of guanidine groups is 1. The molecule has 0 saturated heterocycles. The summed E-state index contributed by atoms with van der Waals surface area (Å²) in [4.78, 5) is 18.3. The lowest BCUT2D eigenvalue weighted by Gasteiger charge is -2.13. The molecule has 0 saturated carbocycles. The van der Waals surface area contributed by atoms with Gasteiger partial charge in [-0.05, 0) is 35.4 Å². The van der Waals surface area contributed by atoms with Crippen LogP contribution < -0.4 is 10.6 Å². The highest BCUT2D eigenvalue weighted by atomic mass is 16.3. The molecule has 6 nitrogen and oxygen atoms in total. The Morgan fingerprint density at radius 3 is 2.37 bits per heavy atom. The van der Waals surface area contributed by atoms with E-state index in [0.717, 1.165) is 29.3 Å². The Hall–Kier alpha value is -3.54. The summed E-state index contributed by atoms with van der Waals surface area (Å²) in [5.41, 5.74) is 2.90. The fourth-order valence-corrected chi connectivity index (χ4v) is 2.90. The van der Waals surface area contributed by atoms with E-state index in [1.807, 2.05) is 54.6 Å². The van der Waals surface area contributed by atoms with Crippen molar-refractivity contribution in [3.05, 3.63) is 95.4 Å². The second-order valence-corrected chi connectivity index (χ2v) is 7.16. The highest BCUT2D eigenvalue weighted by Gasteiger charge is 2.07. The van der Waals surface area contributed by atoms with E-state index in [1.54, 1.807) is 25.3 Å². The van der Waals surface area contributed by atoms with Crippen molar-refractivity contribution in [3.8, 4) is 0 Å². The zero-order valence-corrected chi connectivity index (χ0v) is 17.5. The lowest BCUT2D eigenvalue weighted by Crippen LogP contribution is -2.38. The molecule has 1 heterocycles. The molecule has 0 bridgehead atoms. The molecule has 0 atom stereocenters. The van der Waals surface area contributed by atoms with Crippen LogP contribution in [-0.4, -0.2) is 37.4 Å². The van der Waals surface area contributed by atoms with Crippen LogP contribution in [0.2, 0.25) is 0 Å². The van der Waals surface area contributed by atoms with Gasteiger partial charge in [-0.25, -0.2) is 4.99 Å². The van der Waals surface area contributed by atoms with Crippen LogP contribution in [0.3, 0.4) is 0 Å². The van der Waals surface area contributed by atoms with Crippen molar-refractivity contribution in [2.75, 3.05) is 20.6 Å². The van der Waals surface area contributed by atoms with E-state index < -0.39 is 0 Å². The van der Waals surface area contributed by atoms with Crippen LogP contribution in [0.5, 0.6) is 0 Å². The average molecular weight is 405 g/mol. The third-order valence-electron chi connectivity index (χ3n) is 4.57. The van der Waals surface area contributed by atoms with Gasteiger partial charge in [-0.1, -0.05) is 42.5 Å². The maximum Gasteiger partial charge on any atom is 0.253 e. The zero-order valence-electron chi connectivity index (χ0n) is 17.5. The molecule has 156 valence electrons. The molecule has 1 amide bonds. The van der Waals surface area contributed by atoms with Crippen LogP contribution in [0.15, 0.2) is 82.4 Å². The average Bonchev–Trinajstić information content (AvgIpc) is 3.29. The Balaban J connectivity index is 1.59. The number of hydrogen-bond donors (Lipinski definition) is 2. The minimum atomic E-state index is -0.000727. The lowest BCUT2D eigenvalue weighted by atomic mass is 10.1. The summed E-state index contributed by atoms with van der Waals surface area (Å²) >= 11 is 0. The van der Waals surface area contributed by atoms with Gasteiger partial charge in [0.2, 0.25) is 0 Å². The molecular formula is C24H28N4O2. The molecule has 2 N–H and O–H groups in total. The van der Waals surface area contributed by atoms with Gasteiger partial charge in [-0.2, -0.15) is 0 Å². The van der Waals surface area contributed by atoms with Crippen LogP contribution in [0.25, 0.3) is 0 Å². The van der Waals surface area contributed by atoms with Crippen molar-refractivity contribution >= 4 is 11.9 Å². The second kappa shape index (κ2) is 10.9. The number of rotatable bonds is 8. The molecule has 0 aliphatic rings. The first-order chi connectivity index (χ1) is 14.6. The Kier molecular flexibility index (Phi) is 7.66. The number of amides is 1. The number of nitrogens with one attached hydrogen (secondary N) is 2. The first kappa shape index (κ1) is 21.2. The van der Waals surface area contributed by atoms with Crippen LogP contribution in [0.4, 0.5) is 0 Å². The van der Waals surface area contributed by atoms with Crippen molar-refractivity contribution in [3.63, 3.8) is 0 Å². The standard InChI is InChI=1S/C24H28N4O2/c1-28(2)23(29)21-12-10-20(11-13-21)18-27-24(25-15-14-22-9-6-16-30-22)26-17-19-7-4-3-5-8-19/h3-13,16H,14-15,17-18H2,1-2H3,(H2,25,26,27). The predicted molar refractivity (Wildman–Crippen MR) is 119 cm³/mol. The monoisotopic (exact) mass is 404 g/mol. The molecule has 3 rings (SSSR count).